The van der Waals surface area contributed by atoms with E-state index >= 15 is 0 Å². The number of rotatable bonds is 6. The summed E-state index contributed by atoms with van der Waals surface area (Å²) in [5.41, 5.74) is 15.1. The van der Waals surface area contributed by atoms with Gasteiger partial charge >= 0.3 is 0 Å². The molecule has 2 nitrogen and oxygen atoms in total. The molecule has 240 valence electrons. The van der Waals surface area contributed by atoms with Gasteiger partial charge in [-0.1, -0.05) is 130 Å². The van der Waals surface area contributed by atoms with E-state index in [4.69, 9.17) is 0 Å². The molecule has 7 aromatic rings. The second kappa shape index (κ2) is 13.3. The molecule has 0 saturated carbocycles. The Morgan fingerprint density at radius 3 is 1.98 bits per heavy atom. The summed E-state index contributed by atoms with van der Waals surface area (Å²) in [6, 6.07) is 52.2. The van der Waals surface area contributed by atoms with E-state index < -0.39 is 0 Å². The van der Waals surface area contributed by atoms with Gasteiger partial charge in [0.1, 0.15) is 0 Å². The number of para-hydroxylation sites is 1. The monoisotopic (exact) mass is 634 g/mol. The average Bonchev–Trinajstić information content (AvgIpc) is 3.68. The lowest BCUT2D eigenvalue weighted by molar-refractivity contribution is 0.660. The van der Waals surface area contributed by atoms with Crippen molar-refractivity contribution in [2.45, 2.75) is 26.2 Å². The van der Waals surface area contributed by atoms with Gasteiger partial charge in [-0.05, 0) is 106 Å². The highest BCUT2D eigenvalue weighted by Crippen LogP contribution is 2.50. The molecule has 0 unspecified atom stereocenters. The standard InChI is InChI=1S/C36H30N2.C11H12/c1-36(2)33-23-29(37(3)28-12-8-5-9-13-28)15-17-31(33)32-18-16-30(24-34(32)36)38-21-20-27-22-26(14-19-35(27)38)25-10-6-4-7-11-25;1-3-7-11-9-6-5-8-10(11)4-2/h4-24H,1-3H3;3-9H,2H2,1H3/b;7-3-. The summed E-state index contributed by atoms with van der Waals surface area (Å²) in [5, 5.41) is 1.25. The zero-order valence-electron chi connectivity index (χ0n) is 28.8. The van der Waals surface area contributed by atoms with Crippen LogP contribution >= 0.6 is 0 Å². The van der Waals surface area contributed by atoms with Crippen LogP contribution in [0.4, 0.5) is 11.4 Å². The normalized spacial score (nSPS) is 12.7. The molecule has 8 rings (SSSR count). The minimum absolute atomic E-state index is 0.0857. The SMILES string of the molecule is C=Cc1ccccc1/C=C\C.CN(c1ccccc1)c1ccc2c(c1)C(C)(C)c1cc(-n3ccc4cc(-c5ccccc5)ccc43)ccc1-2. The summed E-state index contributed by atoms with van der Waals surface area (Å²) >= 11 is 0. The summed E-state index contributed by atoms with van der Waals surface area (Å²) in [6.45, 7) is 10.5. The maximum Gasteiger partial charge on any atom is 0.0528 e. The first kappa shape index (κ1) is 31.7. The minimum Gasteiger partial charge on any atom is -0.345 e. The highest BCUT2D eigenvalue weighted by atomic mass is 15.1. The number of allylic oxidation sites excluding steroid dienone is 1. The lowest BCUT2D eigenvalue weighted by Crippen LogP contribution is -2.17. The molecule has 0 fully saturated rings. The van der Waals surface area contributed by atoms with Gasteiger partial charge in [-0.15, -0.1) is 0 Å². The predicted octanol–water partition coefficient (Wildman–Crippen LogP) is 12.7. The first-order valence-corrected chi connectivity index (χ1v) is 17.0. The highest BCUT2D eigenvalue weighted by Gasteiger charge is 2.36. The molecule has 0 spiro atoms. The van der Waals surface area contributed by atoms with Crippen molar-refractivity contribution < 1.29 is 0 Å². The van der Waals surface area contributed by atoms with E-state index in [9.17, 15) is 0 Å². The van der Waals surface area contributed by atoms with Crippen molar-refractivity contribution in [3.8, 4) is 27.9 Å². The fourth-order valence-electron chi connectivity index (χ4n) is 7.08. The Balaban J connectivity index is 0.000000295. The van der Waals surface area contributed by atoms with Crippen molar-refractivity contribution in [3.05, 3.63) is 187 Å². The molecule has 1 aliphatic carbocycles. The Hall–Kier alpha value is -5.86. The van der Waals surface area contributed by atoms with E-state index in [1.54, 1.807) is 0 Å². The number of fused-ring (bicyclic) bond motifs is 4. The van der Waals surface area contributed by atoms with Crippen LogP contribution in [0.1, 0.15) is 43.0 Å². The van der Waals surface area contributed by atoms with Crippen LogP contribution in [0, 0.1) is 0 Å². The number of aromatic nitrogens is 1. The van der Waals surface area contributed by atoms with Gasteiger partial charge in [0.2, 0.25) is 0 Å². The van der Waals surface area contributed by atoms with Crippen LogP contribution in [-0.2, 0) is 5.41 Å². The molecule has 1 aliphatic rings. The van der Waals surface area contributed by atoms with Crippen molar-refractivity contribution in [2.75, 3.05) is 11.9 Å². The summed E-state index contributed by atoms with van der Waals surface area (Å²) in [4.78, 5) is 2.26. The van der Waals surface area contributed by atoms with Gasteiger partial charge in [0.15, 0.2) is 0 Å². The van der Waals surface area contributed by atoms with Crippen LogP contribution in [0.15, 0.2) is 164 Å². The lowest BCUT2D eigenvalue weighted by atomic mass is 9.82. The lowest BCUT2D eigenvalue weighted by Gasteiger charge is -2.25. The molecule has 49 heavy (non-hydrogen) atoms. The quantitative estimate of drug-likeness (QED) is 0.177. The van der Waals surface area contributed by atoms with E-state index in [0.29, 0.717) is 0 Å². The van der Waals surface area contributed by atoms with Crippen molar-refractivity contribution in [1.82, 2.24) is 4.57 Å². The number of anilines is 2. The van der Waals surface area contributed by atoms with E-state index in [2.05, 4.69) is 183 Å². The van der Waals surface area contributed by atoms with E-state index in [1.165, 1.54) is 72.5 Å². The maximum absolute atomic E-state index is 3.74. The number of benzene rings is 6. The molecule has 2 heteroatoms. The maximum atomic E-state index is 3.74. The summed E-state index contributed by atoms with van der Waals surface area (Å²) in [7, 11) is 2.14. The van der Waals surface area contributed by atoms with Gasteiger partial charge in [0, 0.05) is 41.1 Å². The van der Waals surface area contributed by atoms with Crippen molar-refractivity contribution >= 4 is 34.4 Å². The van der Waals surface area contributed by atoms with Crippen LogP contribution in [0.3, 0.4) is 0 Å². The van der Waals surface area contributed by atoms with Gasteiger partial charge in [-0.2, -0.15) is 0 Å². The molecule has 0 N–H and O–H groups in total. The summed E-state index contributed by atoms with van der Waals surface area (Å²) in [5.74, 6) is 0. The van der Waals surface area contributed by atoms with Crippen molar-refractivity contribution in [1.29, 1.82) is 0 Å². The van der Waals surface area contributed by atoms with Gasteiger partial charge in [0.25, 0.3) is 0 Å². The molecule has 0 aliphatic heterocycles. The molecule has 1 heterocycles. The minimum atomic E-state index is -0.0857. The molecule has 1 aromatic heterocycles. The fourth-order valence-corrected chi connectivity index (χ4v) is 7.08. The number of nitrogens with zero attached hydrogens (tertiary/aromatic N) is 2. The van der Waals surface area contributed by atoms with E-state index in [0.717, 1.165) is 0 Å². The summed E-state index contributed by atoms with van der Waals surface area (Å²) in [6.07, 6.45) is 8.18. The summed E-state index contributed by atoms with van der Waals surface area (Å²) < 4.78 is 2.32. The van der Waals surface area contributed by atoms with Gasteiger partial charge in [0.05, 0.1) is 5.52 Å². The first-order valence-electron chi connectivity index (χ1n) is 17.0. The van der Waals surface area contributed by atoms with Gasteiger partial charge in [-0.25, -0.2) is 0 Å². The van der Waals surface area contributed by atoms with E-state index in [-0.39, 0.29) is 5.41 Å². The Kier molecular flexibility index (Phi) is 8.63. The van der Waals surface area contributed by atoms with Gasteiger partial charge < -0.3 is 9.47 Å². The first-order chi connectivity index (χ1) is 23.9. The average molecular weight is 635 g/mol. The molecule has 0 saturated heterocycles. The third-order valence-electron chi connectivity index (χ3n) is 9.81. The topological polar surface area (TPSA) is 8.17 Å². The molecular formula is C47H42N2. The molecule has 0 atom stereocenters. The largest absolute Gasteiger partial charge is 0.345 e. The second-order valence-corrected chi connectivity index (χ2v) is 13.1. The predicted molar refractivity (Wildman–Crippen MR) is 212 cm³/mol. The molecule has 0 amide bonds. The Labute approximate surface area is 290 Å². The highest BCUT2D eigenvalue weighted by molar-refractivity contribution is 5.88. The Bertz CT molecular complexity index is 2290. The number of hydrogen-bond donors (Lipinski definition) is 0. The van der Waals surface area contributed by atoms with Crippen LogP contribution in [0.5, 0.6) is 0 Å². The molecule has 0 radical (unpaired) electrons. The van der Waals surface area contributed by atoms with Crippen molar-refractivity contribution in [3.63, 3.8) is 0 Å². The van der Waals surface area contributed by atoms with Gasteiger partial charge in [-0.3, -0.25) is 0 Å². The Morgan fingerprint density at radius 2 is 1.27 bits per heavy atom. The Morgan fingerprint density at radius 1 is 0.612 bits per heavy atom. The molecular weight excluding hydrogens is 593 g/mol. The van der Waals surface area contributed by atoms with Crippen LogP contribution in [-0.4, -0.2) is 11.6 Å². The third-order valence-corrected chi connectivity index (χ3v) is 9.81. The van der Waals surface area contributed by atoms with Crippen molar-refractivity contribution in [2.24, 2.45) is 0 Å². The van der Waals surface area contributed by atoms with Crippen LogP contribution in [0.2, 0.25) is 0 Å². The fraction of sp³-hybridized carbons (Fsp3) is 0.106. The van der Waals surface area contributed by atoms with E-state index in [1.807, 2.05) is 31.2 Å². The zero-order valence-corrected chi connectivity index (χ0v) is 28.8. The number of hydrogen-bond acceptors (Lipinski definition) is 1. The molecule has 6 aromatic carbocycles. The smallest absolute Gasteiger partial charge is 0.0528 e. The zero-order chi connectivity index (χ0) is 34.0. The third kappa shape index (κ3) is 6.03. The second-order valence-electron chi connectivity index (χ2n) is 13.1. The van der Waals surface area contributed by atoms with Crippen LogP contribution in [0.25, 0.3) is 51.0 Å². The van der Waals surface area contributed by atoms with Crippen LogP contribution < -0.4 is 4.90 Å². The molecule has 0 bridgehead atoms.